The van der Waals surface area contributed by atoms with Crippen LogP contribution in [0.1, 0.15) is 64.3 Å². The number of aliphatic hydroxyl groups excluding tert-OH is 1. The van der Waals surface area contributed by atoms with Crippen LogP contribution in [-0.4, -0.2) is 35.8 Å². The van der Waals surface area contributed by atoms with Crippen molar-refractivity contribution in [3.05, 3.63) is 64.2 Å². The first-order chi connectivity index (χ1) is 18.2. The summed E-state index contributed by atoms with van der Waals surface area (Å²) >= 11 is 0. The normalized spacial score (nSPS) is 18.5. The third kappa shape index (κ3) is 3.42. The van der Waals surface area contributed by atoms with Crippen molar-refractivity contribution in [3.8, 4) is 16.9 Å². The quantitative estimate of drug-likeness (QED) is 0.364. The number of benzene rings is 3. The van der Waals surface area contributed by atoms with Gasteiger partial charge in [0, 0.05) is 47.6 Å². The van der Waals surface area contributed by atoms with Gasteiger partial charge in [-0.05, 0) is 90.7 Å². The van der Waals surface area contributed by atoms with Crippen LogP contribution in [0.2, 0.25) is 0 Å². The van der Waals surface area contributed by atoms with E-state index in [1.165, 1.54) is 51.3 Å². The first-order valence-corrected chi connectivity index (χ1v) is 13.6. The summed E-state index contributed by atoms with van der Waals surface area (Å²) in [5.41, 5.74) is 10.4. The highest BCUT2D eigenvalue weighted by Gasteiger charge is 2.34. The van der Waals surface area contributed by atoms with E-state index < -0.39 is 0 Å². The summed E-state index contributed by atoms with van der Waals surface area (Å²) in [7, 11) is 1.70. The zero-order valence-corrected chi connectivity index (χ0v) is 21.3. The van der Waals surface area contributed by atoms with E-state index in [1.807, 2.05) is 6.07 Å². The summed E-state index contributed by atoms with van der Waals surface area (Å²) in [4.78, 5) is 13.4. The van der Waals surface area contributed by atoms with Crippen LogP contribution in [-0.2, 0) is 25.9 Å². The minimum Gasteiger partial charge on any atom is -0.497 e. The molecule has 6 nitrogen and oxygen atoms in total. The molecule has 3 aromatic carbocycles. The van der Waals surface area contributed by atoms with Crippen molar-refractivity contribution >= 4 is 27.7 Å². The molecule has 3 aliphatic rings. The van der Waals surface area contributed by atoms with Gasteiger partial charge < -0.3 is 25.0 Å². The molecule has 7 rings (SSSR count). The lowest BCUT2D eigenvalue weighted by Gasteiger charge is -2.25. The number of fused-ring (bicyclic) bond motifs is 10. The molecule has 1 saturated heterocycles. The van der Waals surface area contributed by atoms with Crippen molar-refractivity contribution in [1.29, 1.82) is 0 Å². The number of hydrogen-bond acceptors (Lipinski definition) is 4. The van der Waals surface area contributed by atoms with Crippen LogP contribution in [0.4, 0.5) is 0 Å². The number of aryl methyl sites for hydroxylation is 3. The van der Waals surface area contributed by atoms with Crippen LogP contribution >= 0.6 is 0 Å². The van der Waals surface area contributed by atoms with E-state index in [0.717, 1.165) is 60.4 Å². The first-order valence-electron chi connectivity index (χ1n) is 13.6. The lowest BCUT2D eigenvalue weighted by atomic mass is 9.80. The predicted octanol–water partition coefficient (Wildman–Crippen LogP) is 5.01. The van der Waals surface area contributed by atoms with Gasteiger partial charge in [0.25, 0.3) is 5.91 Å². The third-order valence-electron chi connectivity index (χ3n) is 8.66. The fourth-order valence-corrected chi connectivity index (χ4v) is 6.98. The number of carbonyl (C=O) groups is 1. The molecule has 1 atom stereocenters. The van der Waals surface area contributed by atoms with Crippen LogP contribution in [0.15, 0.2) is 36.4 Å². The number of nitrogens with zero attached hydrogens (tertiary/aromatic N) is 1. The molecule has 0 radical (unpaired) electrons. The molecular weight excluding hydrogens is 462 g/mol. The van der Waals surface area contributed by atoms with E-state index in [1.54, 1.807) is 7.11 Å². The zero-order valence-electron chi connectivity index (χ0n) is 21.3. The Balaban J connectivity index is 1.56. The van der Waals surface area contributed by atoms with Crippen molar-refractivity contribution in [3.63, 3.8) is 0 Å². The lowest BCUT2D eigenvalue weighted by Crippen LogP contribution is -2.26. The van der Waals surface area contributed by atoms with Gasteiger partial charge >= 0.3 is 0 Å². The Bertz CT molecular complexity index is 1560. The van der Waals surface area contributed by atoms with Crippen LogP contribution in [0.3, 0.4) is 0 Å². The van der Waals surface area contributed by atoms with Gasteiger partial charge in [-0.15, -0.1) is 0 Å². The van der Waals surface area contributed by atoms with Gasteiger partial charge in [0.2, 0.25) is 0 Å². The highest BCUT2D eigenvalue weighted by atomic mass is 16.5. The molecule has 2 aliphatic heterocycles. The first kappa shape index (κ1) is 22.8. The summed E-state index contributed by atoms with van der Waals surface area (Å²) in [6.07, 6.45) is 6.12. The van der Waals surface area contributed by atoms with E-state index in [-0.39, 0.29) is 12.5 Å². The van der Waals surface area contributed by atoms with Crippen molar-refractivity contribution in [1.82, 2.24) is 15.2 Å². The summed E-state index contributed by atoms with van der Waals surface area (Å²) < 4.78 is 7.92. The minimum atomic E-state index is 0.0261. The monoisotopic (exact) mass is 495 g/mol. The minimum absolute atomic E-state index is 0.0261. The summed E-state index contributed by atoms with van der Waals surface area (Å²) in [5.74, 6) is 0.878. The number of hydrogen-bond donors (Lipinski definition) is 3. The van der Waals surface area contributed by atoms with E-state index in [4.69, 9.17) is 4.74 Å². The molecule has 3 heterocycles. The third-order valence-corrected chi connectivity index (χ3v) is 8.66. The molecule has 4 aromatic rings. The Morgan fingerprint density at radius 2 is 2.00 bits per heavy atom. The molecule has 190 valence electrons. The predicted molar refractivity (Wildman–Crippen MR) is 146 cm³/mol. The van der Waals surface area contributed by atoms with E-state index in [9.17, 15) is 9.90 Å². The molecule has 0 bridgehead atoms. The van der Waals surface area contributed by atoms with Gasteiger partial charge in [-0.2, -0.15) is 0 Å². The van der Waals surface area contributed by atoms with Gasteiger partial charge in [-0.25, -0.2) is 0 Å². The summed E-state index contributed by atoms with van der Waals surface area (Å²) in [6.45, 7) is 2.52. The SMILES string of the molecule is COc1ccc2c(c1)CCc1c-2c2c(c3c4cc(C5CCCCN5)ccc4n(CCCO)c13)CNC2=O. The fraction of sp³-hybridized carbons (Fsp3) is 0.387. The van der Waals surface area contributed by atoms with Crippen molar-refractivity contribution < 1.29 is 14.6 Å². The van der Waals surface area contributed by atoms with Gasteiger partial charge in [-0.3, -0.25) is 4.79 Å². The topological polar surface area (TPSA) is 75.5 Å². The van der Waals surface area contributed by atoms with Crippen LogP contribution in [0.5, 0.6) is 5.75 Å². The molecule has 0 spiro atoms. The van der Waals surface area contributed by atoms with Crippen molar-refractivity contribution in [2.75, 3.05) is 20.3 Å². The Labute approximate surface area is 216 Å². The molecule has 3 N–H and O–H groups in total. The lowest BCUT2D eigenvalue weighted by molar-refractivity contribution is 0.0966. The summed E-state index contributed by atoms with van der Waals surface area (Å²) in [6, 6.07) is 13.5. The van der Waals surface area contributed by atoms with Gasteiger partial charge in [0.1, 0.15) is 5.75 Å². The largest absolute Gasteiger partial charge is 0.497 e. The highest BCUT2D eigenvalue weighted by molar-refractivity contribution is 6.19. The summed E-state index contributed by atoms with van der Waals surface area (Å²) in [5, 5.41) is 19.0. The second kappa shape index (κ2) is 8.89. The maximum Gasteiger partial charge on any atom is 0.252 e. The van der Waals surface area contributed by atoms with Crippen molar-refractivity contribution in [2.24, 2.45) is 0 Å². The second-order valence-corrected chi connectivity index (χ2v) is 10.6. The Morgan fingerprint density at radius 1 is 1.08 bits per heavy atom. The number of methoxy groups -OCH3 is 1. The maximum absolute atomic E-state index is 13.4. The number of amides is 1. The number of rotatable bonds is 5. The Morgan fingerprint density at radius 3 is 2.81 bits per heavy atom. The molecule has 1 aromatic heterocycles. The Kier molecular flexibility index (Phi) is 5.48. The Hall–Kier alpha value is -3.35. The standard InChI is InChI=1S/C31H33N3O3/c1-37-20-8-10-21-18(15-20)6-9-22-27(21)29-24(17-33-31(29)36)28-23-16-19(25-5-2-3-12-32-25)7-11-26(23)34(30(22)28)13-4-14-35/h7-8,10-11,15-16,25,32,35H,2-6,9,12-14,17H2,1H3,(H,33,36). The van der Waals surface area contributed by atoms with Gasteiger partial charge in [0.05, 0.1) is 18.2 Å². The van der Waals surface area contributed by atoms with Crippen LogP contribution in [0, 0.1) is 0 Å². The number of nitrogens with one attached hydrogen (secondary N) is 2. The number of ether oxygens (including phenoxy) is 1. The van der Waals surface area contributed by atoms with E-state index in [2.05, 4.69) is 45.5 Å². The molecule has 1 unspecified atom stereocenters. The van der Waals surface area contributed by atoms with Crippen molar-refractivity contribution in [2.45, 2.75) is 57.7 Å². The molecular formula is C31H33N3O3. The second-order valence-electron chi connectivity index (χ2n) is 10.6. The smallest absolute Gasteiger partial charge is 0.252 e. The van der Waals surface area contributed by atoms with Gasteiger partial charge in [0.15, 0.2) is 0 Å². The number of carbonyl (C=O) groups excluding carboxylic acids is 1. The van der Waals surface area contributed by atoms with Crippen LogP contribution < -0.4 is 15.4 Å². The molecule has 1 aliphatic carbocycles. The molecule has 0 saturated carbocycles. The average Bonchev–Trinajstić information content (AvgIpc) is 3.49. The molecule has 1 fully saturated rings. The average molecular weight is 496 g/mol. The number of aliphatic hydroxyl groups is 1. The fourth-order valence-electron chi connectivity index (χ4n) is 6.98. The number of aromatic nitrogens is 1. The number of piperidine rings is 1. The molecule has 1 amide bonds. The maximum atomic E-state index is 13.4. The highest BCUT2D eigenvalue weighted by Crippen LogP contribution is 2.47. The molecule has 37 heavy (non-hydrogen) atoms. The van der Waals surface area contributed by atoms with E-state index >= 15 is 0 Å². The molecule has 6 heteroatoms. The van der Waals surface area contributed by atoms with Gasteiger partial charge in [-0.1, -0.05) is 18.6 Å². The van der Waals surface area contributed by atoms with Crippen LogP contribution in [0.25, 0.3) is 32.9 Å². The van der Waals surface area contributed by atoms with E-state index in [0.29, 0.717) is 19.0 Å². The zero-order chi connectivity index (χ0) is 25.1.